The van der Waals surface area contributed by atoms with Crippen LogP contribution in [0.1, 0.15) is 0 Å². The van der Waals surface area contributed by atoms with Crippen molar-refractivity contribution in [3.05, 3.63) is 22.4 Å². The summed E-state index contributed by atoms with van der Waals surface area (Å²) >= 11 is 11.0. The molecule has 7 heteroatoms. The van der Waals surface area contributed by atoms with Crippen molar-refractivity contribution in [3.8, 4) is 0 Å². The van der Waals surface area contributed by atoms with Gasteiger partial charge in [-0.1, -0.05) is 23.2 Å². The number of halogens is 3. The average Bonchev–Trinajstić information content (AvgIpc) is 1.92. The van der Waals surface area contributed by atoms with E-state index in [1.807, 2.05) is 0 Å². The van der Waals surface area contributed by atoms with Gasteiger partial charge in [-0.3, -0.25) is 0 Å². The third-order valence-electron chi connectivity index (χ3n) is 1.07. The lowest BCUT2D eigenvalue weighted by Gasteiger charge is -1.99. The fraction of sp³-hybridized carbons (Fsp3) is 0. The Kier molecular flexibility index (Phi) is 2.83. The average molecular weight is 247 g/mol. The Morgan fingerprint density at radius 2 is 1.92 bits per heavy atom. The smallest absolute Gasteiger partial charge is 0.243 e. The van der Waals surface area contributed by atoms with Crippen molar-refractivity contribution in [1.29, 1.82) is 0 Å². The third-order valence-corrected chi connectivity index (χ3v) is 3.32. The summed E-state index contributed by atoms with van der Waals surface area (Å²) in [6, 6.07) is 1.18. The van der Waals surface area contributed by atoms with Gasteiger partial charge >= 0.3 is 0 Å². The summed E-state index contributed by atoms with van der Waals surface area (Å²) in [6.45, 7) is 0. The Morgan fingerprint density at radius 1 is 1.33 bits per heavy atom. The highest BCUT2D eigenvalue weighted by atomic mass is 35.7. The molecule has 1 rings (SSSR count). The van der Waals surface area contributed by atoms with Crippen LogP contribution in [-0.2, 0) is 9.05 Å². The zero-order valence-electron chi connectivity index (χ0n) is 5.46. The Bertz CT molecular complexity index is 403. The summed E-state index contributed by atoms with van der Waals surface area (Å²) < 4.78 is 21.6. The van der Waals surface area contributed by atoms with E-state index >= 15 is 0 Å². The Labute approximate surface area is 83.7 Å². The molecule has 0 bridgehead atoms. The molecule has 0 aromatic carbocycles. The van der Waals surface area contributed by atoms with E-state index in [0.717, 1.165) is 0 Å². The fourth-order valence-electron chi connectivity index (χ4n) is 0.590. The molecule has 1 aromatic rings. The lowest BCUT2D eigenvalue weighted by Crippen LogP contribution is -1.93. The molecule has 0 saturated heterocycles. The van der Waals surface area contributed by atoms with Gasteiger partial charge < -0.3 is 0 Å². The van der Waals surface area contributed by atoms with Gasteiger partial charge in [0.2, 0.25) is 0 Å². The highest BCUT2D eigenvalue weighted by molar-refractivity contribution is 8.13. The molecule has 0 N–H and O–H groups in total. The molecule has 0 aliphatic heterocycles. The molecule has 0 fully saturated rings. The SMILES string of the molecule is O=S(=O)(Cl)c1ccnc(Cl)c1Cl. The summed E-state index contributed by atoms with van der Waals surface area (Å²) in [4.78, 5) is 3.33. The van der Waals surface area contributed by atoms with Crippen LogP contribution in [0.25, 0.3) is 0 Å². The minimum atomic E-state index is -3.84. The van der Waals surface area contributed by atoms with E-state index < -0.39 is 9.05 Å². The number of rotatable bonds is 1. The van der Waals surface area contributed by atoms with Gasteiger partial charge in [-0.15, -0.1) is 0 Å². The predicted octanol–water partition coefficient (Wildman–Crippen LogP) is 2.32. The van der Waals surface area contributed by atoms with Crippen LogP contribution < -0.4 is 0 Å². The second-order valence-corrected chi connectivity index (χ2v) is 5.12. The maximum atomic E-state index is 10.8. The zero-order valence-corrected chi connectivity index (χ0v) is 8.54. The first-order valence-electron chi connectivity index (χ1n) is 2.67. The highest BCUT2D eigenvalue weighted by Gasteiger charge is 2.16. The van der Waals surface area contributed by atoms with Crippen molar-refractivity contribution in [1.82, 2.24) is 4.98 Å². The first-order chi connectivity index (χ1) is 5.43. The van der Waals surface area contributed by atoms with Gasteiger partial charge in [0.1, 0.15) is 10.0 Å². The van der Waals surface area contributed by atoms with Crippen LogP contribution in [0.15, 0.2) is 17.2 Å². The molecular weight excluding hydrogens is 244 g/mol. The number of hydrogen-bond donors (Lipinski definition) is 0. The highest BCUT2D eigenvalue weighted by Crippen LogP contribution is 2.28. The Morgan fingerprint density at radius 3 is 2.33 bits per heavy atom. The molecule has 0 unspecified atom stereocenters. The van der Waals surface area contributed by atoms with Gasteiger partial charge in [0.05, 0.1) is 5.02 Å². The molecule has 1 aromatic heterocycles. The molecule has 0 atom stereocenters. The predicted molar refractivity (Wildman–Crippen MR) is 47.3 cm³/mol. The summed E-state index contributed by atoms with van der Waals surface area (Å²) in [5.41, 5.74) is 0. The largest absolute Gasteiger partial charge is 0.262 e. The maximum Gasteiger partial charge on any atom is 0.262 e. The second kappa shape index (κ2) is 3.38. The van der Waals surface area contributed by atoms with Crippen LogP contribution in [0.4, 0.5) is 0 Å². The molecule has 0 radical (unpaired) electrons. The minimum absolute atomic E-state index is 0.0848. The maximum absolute atomic E-state index is 10.8. The number of aromatic nitrogens is 1. The molecule has 66 valence electrons. The molecule has 1 heterocycles. The van der Waals surface area contributed by atoms with Crippen LogP contribution in [0.3, 0.4) is 0 Å². The molecular formula is C5H2Cl3NO2S. The molecule has 0 aliphatic rings. The van der Waals surface area contributed by atoms with E-state index in [4.69, 9.17) is 33.9 Å². The van der Waals surface area contributed by atoms with E-state index in [9.17, 15) is 8.42 Å². The van der Waals surface area contributed by atoms with Crippen molar-refractivity contribution >= 4 is 42.9 Å². The number of hydrogen-bond acceptors (Lipinski definition) is 3. The second-order valence-electron chi connectivity index (χ2n) is 1.85. The summed E-state index contributed by atoms with van der Waals surface area (Å²) in [5, 5.41) is -0.243. The third kappa shape index (κ3) is 2.01. The van der Waals surface area contributed by atoms with Crippen molar-refractivity contribution < 1.29 is 8.42 Å². The van der Waals surface area contributed by atoms with Crippen molar-refractivity contribution in [2.75, 3.05) is 0 Å². The molecule has 12 heavy (non-hydrogen) atoms. The summed E-state index contributed by atoms with van der Waals surface area (Å²) in [6.07, 6.45) is 1.21. The van der Waals surface area contributed by atoms with Crippen molar-refractivity contribution in [3.63, 3.8) is 0 Å². The molecule has 3 nitrogen and oxygen atoms in total. The summed E-state index contributed by atoms with van der Waals surface area (Å²) in [5.74, 6) is 0. The molecule has 0 saturated carbocycles. The topological polar surface area (TPSA) is 47.0 Å². The first kappa shape index (κ1) is 10.1. The minimum Gasteiger partial charge on any atom is -0.243 e. The molecule has 0 amide bonds. The first-order valence-corrected chi connectivity index (χ1v) is 5.74. The number of pyridine rings is 1. The monoisotopic (exact) mass is 245 g/mol. The lowest BCUT2D eigenvalue weighted by molar-refractivity contribution is 0.609. The number of nitrogens with zero attached hydrogens (tertiary/aromatic N) is 1. The van der Waals surface area contributed by atoms with E-state index in [2.05, 4.69) is 4.98 Å². The zero-order chi connectivity index (χ0) is 9.35. The molecule has 0 aliphatic carbocycles. The van der Waals surface area contributed by atoms with Gasteiger partial charge in [0.15, 0.2) is 0 Å². The Hall–Kier alpha value is -0.0300. The van der Waals surface area contributed by atoms with E-state index in [1.165, 1.54) is 12.3 Å². The van der Waals surface area contributed by atoms with Crippen LogP contribution in [0, 0.1) is 0 Å². The van der Waals surface area contributed by atoms with Crippen LogP contribution in [0.5, 0.6) is 0 Å². The van der Waals surface area contributed by atoms with Gasteiger partial charge in [0, 0.05) is 16.9 Å². The Balaban J connectivity index is 3.47. The van der Waals surface area contributed by atoms with Gasteiger partial charge in [-0.25, -0.2) is 13.4 Å². The van der Waals surface area contributed by atoms with Crippen molar-refractivity contribution in [2.45, 2.75) is 4.90 Å². The normalized spacial score (nSPS) is 11.6. The van der Waals surface area contributed by atoms with E-state index in [-0.39, 0.29) is 15.1 Å². The fourth-order valence-corrected chi connectivity index (χ4v) is 2.26. The quantitative estimate of drug-likeness (QED) is 0.564. The summed E-state index contributed by atoms with van der Waals surface area (Å²) in [7, 11) is 1.20. The van der Waals surface area contributed by atoms with Crippen LogP contribution in [0.2, 0.25) is 10.2 Å². The van der Waals surface area contributed by atoms with E-state index in [1.54, 1.807) is 0 Å². The van der Waals surface area contributed by atoms with Gasteiger partial charge in [0.25, 0.3) is 9.05 Å². The van der Waals surface area contributed by atoms with Gasteiger partial charge in [-0.2, -0.15) is 0 Å². The standard InChI is InChI=1S/C5H2Cl3NO2S/c6-4-3(12(8,10)11)1-2-9-5(4)7/h1-2H. The van der Waals surface area contributed by atoms with Crippen molar-refractivity contribution in [2.24, 2.45) is 0 Å². The van der Waals surface area contributed by atoms with E-state index in [0.29, 0.717) is 0 Å². The lowest BCUT2D eigenvalue weighted by atomic mass is 10.5. The van der Waals surface area contributed by atoms with Gasteiger partial charge in [-0.05, 0) is 6.07 Å². The molecule has 0 spiro atoms. The van der Waals surface area contributed by atoms with Crippen LogP contribution in [-0.4, -0.2) is 13.4 Å². The van der Waals surface area contributed by atoms with Crippen LogP contribution >= 0.6 is 33.9 Å².